The van der Waals surface area contributed by atoms with E-state index in [9.17, 15) is 4.79 Å². The molecule has 2 rings (SSSR count). The molecule has 0 fully saturated rings. The highest BCUT2D eigenvalue weighted by Gasteiger charge is 2.24. The molecule has 0 saturated heterocycles. The van der Waals surface area contributed by atoms with Crippen LogP contribution < -0.4 is 5.73 Å². The van der Waals surface area contributed by atoms with Crippen LogP contribution in [0.1, 0.15) is 11.5 Å². The zero-order chi connectivity index (χ0) is 10.8. The molecule has 0 radical (unpaired) electrons. The maximum atomic E-state index is 11.4. The van der Waals surface area contributed by atoms with Crippen LogP contribution in [0.5, 0.6) is 0 Å². The summed E-state index contributed by atoms with van der Waals surface area (Å²) >= 11 is 1.99. The summed E-state index contributed by atoms with van der Waals surface area (Å²) in [6.45, 7) is 0.657. The zero-order valence-electron chi connectivity index (χ0n) is 7.93. The molecule has 2 heterocycles. The van der Waals surface area contributed by atoms with Gasteiger partial charge in [-0.1, -0.05) is 0 Å². The number of aromatic nitrogens is 1. The van der Waals surface area contributed by atoms with Gasteiger partial charge in [-0.25, -0.2) is 0 Å². The standard InChI is InChI=1S/C10H10IN3O/c11-14-6-8(5-9(12)10(14)15)7-1-3-13-4-2-7/h1-5,8H,6,12H2. The summed E-state index contributed by atoms with van der Waals surface area (Å²) < 4.78 is 1.61. The van der Waals surface area contributed by atoms with E-state index in [1.165, 1.54) is 0 Å². The van der Waals surface area contributed by atoms with Gasteiger partial charge in [0.25, 0.3) is 5.91 Å². The lowest BCUT2D eigenvalue weighted by Crippen LogP contribution is -2.34. The van der Waals surface area contributed by atoms with Crippen LogP contribution in [0.3, 0.4) is 0 Å². The van der Waals surface area contributed by atoms with Crippen molar-refractivity contribution in [2.75, 3.05) is 6.54 Å². The number of nitrogens with two attached hydrogens (primary N) is 1. The summed E-state index contributed by atoms with van der Waals surface area (Å²) in [5.74, 6) is 0.0588. The molecule has 15 heavy (non-hydrogen) atoms. The lowest BCUT2D eigenvalue weighted by Gasteiger charge is -2.25. The Morgan fingerprint density at radius 3 is 2.73 bits per heavy atom. The Balaban J connectivity index is 2.30. The highest BCUT2D eigenvalue weighted by atomic mass is 127. The third kappa shape index (κ3) is 2.11. The van der Waals surface area contributed by atoms with Crippen molar-refractivity contribution < 1.29 is 4.79 Å². The van der Waals surface area contributed by atoms with Crippen molar-refractivity contribution in [2.24, 2.45) is 5.73 Å². The second-order valence-electron chi connectivity index (χ2n) is 3.36. The molecule has 4 nitrogen and oxygen atoms in total. The van der Waals surface area contributed by atoms with Gasteiger partial charge in [0.1, 0.15) is 0 Å². The second-order valence-corrected chi connectivity index (χ2v) is 4.52. The topological polar surface area (TPSA) is 59.2 Å². The summed E-state index contributed by atoms with van der Waals surface area (Å²) in [7, 11) is 0. The molecular weight excluding hydrogens is 305 g/mol. The number of amides is 1. The third-order valence-corrected chi connectivity index (χ3v) is 3.17. The Hall–Kier alpha value is -1.11. The molecule has 78 valence electrons. The van der Waals surface area contributed by atoms with E-state index in [1.54, 1.807) is 15.5 Å². The summed E-state index contributed by atoms with van der Waals surface area (Å²) in [5.41, 5.74) is 7.09. The Morgan fingerprint density at radius 1 is 1.47 bits per heavy atom. The van der Waals surface area contributed by atoms with Gasteiger partial charge in [0.2, 0.25) is 0 Å². The molecule has 1 amide bonds. The molecule has 0 saturated carbocycles. The Bertz CT molecular complexity index is 404. The minimum atomic E-state index is -0.110. The van der Waals surface area contributed by atoms with Gasteiger partial charge in [0.15, 0.2) is 0 Å². The maximum Gasteiger partial charge on any atom is 0.278 e. The summed E-state index contributed by atoms with van der Waals surface area (Å²) in [6.07, 6.45) is 5.30. The molecule has 0 aliphatic carbocycles. The fraction of sp³-hybridized carbons (Fsp3) is 0.200. The van der Waals surface area contributed by atoms with Gasteiger partial charge in [-0.2, -0.15) is 0 Å². The van der Waals surface area contributed by atoms with E-state index in [-0.39, 0.29) is 11.8 Å². The molecule has 0 aromatic carbocycles. The smallest absolute Gasteiger partial charge is 0.278 e. The van der Waals surface area contributed by atoms with Gasteiger partial charge < -0.3 is 5.73 Å². The van der Waals surface area contributed by atoms with E-state index in [1.807, 2.05) is 41.1 Å². The number of carbonyl (C=O) groups is 1. The monoisotopic (exact) mass is 315 g/mol. The van der Waals surface area contributed by atoms with Crippen LogP contribution in [0.2, 0.25) is 0 Å². The highest BCUT2D eigenvalue weighted by Crippen LogP contribution is 2.25. The molecule has 1 aromatic rings. The van der Waals surface area contributed by atoms with Crippen LogP contribution in [0.4, 0.5) is 0 Å². The Labute approximate surface area is 102 Å². The normalized spacial score (nSPS) is 21.4. The number of nitrogens with zero attached hydrogens (tertiary/aromatic N) is 2. The minimum absolute atomic E-state index is 0.110. The lowest BCUT2D eigenvalue weighted by molar-refractivity contribution is -0.122. The average molecular weight is 315 g/mol. The first-order valence-corrected chi connectivity index (χ1v) is 5.50. The van der Waals surface area contributed by atoms with Crippen molar-refractivity contribution >= 4 is 28.8 Å². The number of hydrogen-bond acceptors (Lipinski definition) is 3. The fourth-order valence-corrected chi connectivity index (χ4v) is 2.25. The minimum Gasteiger partial charge on any atom is -0.394 e. The van der Waals surface area contributed by atoms with Gasteiger partial charge in [0.05, 0.1) is 28.6 Å². The largest absolute Gasteiger partial charge is 0.394 e. The number of pyridine rings is 1. The van der Waals surface area contributed by atoms with Gasteiger partial charge in [-0.15, -0.1) is 0 Å². The van der Waals surface area contributed by atoms with E-state index in [0.29, 0.717) is 12.2 Å². The summed E-state index contributed by atoms with van der Waals surface area (Å²) in [4.78, 5) is 15.4. The molecule has 0 spiro atoms. The van der Waals surface area contributed by atoms with Gasteiger partial charge in [-0.3, -0.25) is 12.9 Å². The first-order chi connectivity index (χ1) is 7.18. The van der Waals surface area contributed by atoms with E-state index < -0.39 is 0 Å². The van der Waals surface area contributed by atoms with Gasteiger partial charge in [-0.05, 0) is 23.8 Å². The van der Waals surface area contributed by atoms with E-state index in [4.69, 9.17) is 5.73 Å². The Kier molecular flexibility index (Phi) is 2.90. The van der Waals surface area contributed by atoms with Crippen molar-refractivity contribution in [1.29, 1.82) is 0 Å². The van der Waals surface area contributed by atoms with Gasteiger partial charge in [0, 0.05) is 24.9 Å². The van der Waals surface area contributed by atoms with Crippen molar-refractivity contribution in [2.45, 2.75) is 5.92 Å². The molecule has 0 bridgehead atoms. The maximum absolute atomic E-state index is 11.4. The van der Waals surface area contributed by atoms with E-state index >= 15 is 0 Å². The number of halogens is 1. The zero-order valence-corrected chi connectivity index (χ0v) is 10.1. The molecule has 5 heteroatoms. The van der Waals surface area contributed by atoms with Crippen LogP contribution in [0.15, 0.2) is 36.3 Å². The van der Waals surface area contributed by atoms with Crippen LogP contribution in [-0.4, -0.2) is 20.5 Å². The molecule has 1 aliphatic heterocycles. The molecule has 1 aromatic heterocycles. The first-order valence-electron chi connectivity index (χ1n) is 4.53. The van der Waals surface area contributed by atoms with Crippen LogP contribution in [-0.2, 0) is 4.79 Å². The van der Waals surface area contributed by atoms with Crippen molar-refractivity contribution in [3.63, 3.8) is 0 Å². The molecule has 1 unspecified atom stereocenters. The fourth-order valence-electron chi connectivity index (χ4n) is 1.55. The van der Waals surface area contributed by atoms with Crippen LogP contribution >= 0.6 is 22.9 Å². The van der Waals surface area contributed by atoms with E-state index in [2.05, 4.69) is 4.98 Å². The first kappa shape index (κ1) is 10.4. The van der Waals surface area contributed by atoms with Crippen molar-refractivity contribution in [3.05, 3.63) is 41.9 Å². The van der Waals surface area contributed by atoms with Crippen LogP contribution in [0, 0.1) is 0 Å². The van der Waals surface area contributed by atoms with Crippen molar-refractivity contribution in [1.82, 2.24) is 8.10 Å². The summed E-state index contributed by atoms with van der Waals surface area (Å²) in [6, 6.07) is 3.88. The third-order valence-electron chi connectivity index (χ3n) is 2.34. The average Bonchev–Trinajstić information content (AvgIpc) is 2.26. The second kappa shape index (κ2) is 4.18. The number of hydrogen-bond donors (Lipinski definition) is 1. The van der Waals surface area contributed by atoms with Gasteiger partial charge >= 0.3 is 0 Å². The molecule has 1 aliphatic rings. The predicted octanol–water partition coefficient (Wildman–Crippen LogP) is 1.20. The highest BCUT2D eigenvalue weighted by molar-refractivity contribution is 14.1. The van der Waals surface area contributed by atoms with Crippen LogP contribution in [0.25, 0.3) is 0 Å². The lowest BCUT2D eigenvalue weighted by atomic mass is 9.96. The predicted molar refractivity (Wildman–Crippen MR) is 65.0 cm³/mol. The summed E-state index contributed by atoms with van der Waals surface area (Å²) in [5, 5.41) is 0. The molecular formula is C10H10IN3O. The SMILES string of the molecule is NC1=CC(c2ccncc2)CN(I)C1=O. The molecule has 2 N–H and O–H groups in total. The molecule has 1 atom stereocenters. The van der Waals surface area contributed by atoms with E-state index in [0.717, 1.165) is 5.56 Å². The quantitative estimate of drug-likeness (QED) is 0.626. The van der Waals surface area contributed by atoms with Crippen molar-refractivity contribution in [3.8, 4) is 0 Å². The number of rotatable bonds is 1. The number of carbonyl (C=O) groups excluding carboxylic acids is 1. The Morgan fingerprint density at radius 2 is 2.13 bits per heavy atom.